The molecule has 0 bridgehead atoms. The van der Waals surface area contributed by atoms with Crippen LogP contribution in [0.1, 0.15) is 26.2 Å². The molecule has 0 radical (unpaired) electrons. The highest BCUT2D eigenvalue weighted by molar-refractivity contribution is 4.86. The molecule has 1 saturated heterocycles. The van der Waals surface area contributed by atoms with Crippen molar-refractivity contribution in [1.29, 1.82) is 0 Å². The second-order valence-corrected chi connectivity index (χ2v) is 3.36. The maximum Gasteiger partial charge on any atom is 0.171 e. The van der Waals surface area contributed by atoms with Crippen LogP contribution in [0.5, 0.6) is 0 Å². The molecule has 3 heteroatoms. The monoisotopic (exact) mass is 186 g/mol. The Morgan fingerprint density at radius 1 is 1.54 bits per heavy atom. The number of rotatable bonds is 5. The molecule has 1 aliphatic rings. The van der Waals surface area contributed by atoms with Crippen LogP contribution in [0.2, 0.25) is 0 Å². The van der Waals surface area contributed by atoms with E-state index in [1.54, 1.807) is 0 Å². The number of aliphatic hydroxyl groups excluding tert-OH is 1. The van der Waals surface area contributed by atoms with Gasteiger partial charge in [-0.1, -0.05) is 19.4 Å². The van der Waals surface area contributed by atoms with Crippen molar-refractivity contribution in [2.45, 2.75) is 38.1 Å². The van der Waals surface area contributed by atoms with E-state index in [1.165, 1.54) is 6.08 Å². The molecule has 0 aliphatic carbocycles. The molecular weight excluding hydrogens is 168 g/mol. The van der Waals surface area contributed by atoms with Gasteiger partial charge < -0.3 is 14.6 Å². The molecule has 0 spiro atoms. The minimum absolute atomic E-state index is 0.490. The van der Waals surface area contributed by atoms with E-state index in [2.05, 4.69) is 13.5 Å². The van der Waals surface area contributed by atoms with Crippen LogP contribution in [-0.2, 0) is 9.47 Å². The van der Waals surface area contributed by atoms with Gasteiger partial charge in [0, 0.05) is 12.8 Å². The Bertz CT molecular complexity index is 162. The van der Waals surface area contributed by atoms with Crippen LogP contribution < -0.4 is 0 Å². The van der Waals surface area contributed by atoms with Crippen LogP contribution in [0.3, 0.4) is 0 Å². The highest BCUT2D eigenvalue weighted by Crippen LogP contribution is 2.30. The van der Waals surface area contributed by atoms with Crippen LogP contribution in [0.25, 0.3) is 0 Å². The maximum absolute atomic E-state index is 9.43. The lowest BCUT2D eigenvalue weighted by molar-refractivity contribution is -0.177. The van der Waals surface area contributed by atoms with Crippen molar-refractivity contribution in [3.8, 4) is 0 Å². The van der Waals surface area contributed by atoms with Gasteiger partial charge in [-0.25, -0.2) is 0 Å². The molecule has 0 aromatic rings. The third-order valence-corrected chi connectivity index (χ3v) is 2.24. The average Bonchev–Trinajstić information content (AvgIpc) is 2.54. The molecule has 1 fully saturated rings. The molecule has 0 aromatic carbocycles. The Morgan fingerprint density at radius 2 is 2.15 bits per heavy atom. The predicted octanol–water partition coefficient (Wildman–Crippen LogP) is 1.47. The van der Waals surface area contributed by atoms with Gasteiger partial charge in [-0.05, 0) is 0 Å². The molecule has 1 heterocycles. The molecule has 0 saturated carbocycles. The molecule has 1 aliphatic heterocycles. The summed E-state index contributed by atoms with van der Waals surface area (Å²) in [5.41, 5.74) is 0. The quantitative estimate of drug-likeness (QED) is 0.661. The van der Waals surface area contributed by atoms with E-state index in [1.807, 2.05) is 0 Å². The molecule has 1 atom stereocenters. The Balaban J connectivity index is 2.50. The average molecular weight is 186 g/mol. The van der Waals surface area contributed by atoms with Crippen LogP contribution >= 0.6 is 0 Å². The highest BCUT2D eigenvalue weighted by Gasteiger charge is 2.36. The lowest BCUT2D eigenvalue weighted by atomic mass is 10.0. The first-order valence-corrected chi connectivity index (χ1v) is 4.81. The van der Waals surface area contributed by atoms with Crippen molar-refractivity contribution in [2.75, 3.05) is 13.2 Å². The minimum Gasteiger partial charge on any atom is -0.389 e. The Kier molecular flexibility index (Phi) is 3.90. The fraction of sp³-hybridized carbons (Fsp3) is 0.800. The third kappa shape index (κ3) is 2.79. The summed E-state index contributed by atoms with van der Waals surface area (Å²) in [6, 6.07) is 0. The zero-order valence-corrected chi connectivity index (χ0v) is 8.16. The molecule has 13 heavy (non-hydrogen) atoms. The zero-order chi connectivity index (χ0) is 9.73. The summed E-state index contributed by atoms with van der Waals surface area (Å²) in [5, 5.41) is 9.43. The first-order chi connectivity index (χ1) is 6.22. The summed E-state index contributed by atoms with van der Waals surface area (Å²) < 4.78 is 11.0. The van der Waals surface area contributed by atoms with Crippen molar-refractivity contribution in [2.24, 2.45) is 0 Å². The topological polar surface area (TPSA) is 38.7 Å². The summed E-state index contributed by atoms with van der Waals surface area (Å²) in [6.07, 6.45) is 3.29. The minimum atomic E-state index is -0.553. The standard InChI is InChI=1S/C10H18O3/c1-3-5-10(8-9(11)4-2)12-6-7-13-10/h4,9,11H,2-3,5-8H2,1H3/t9-/m0/s1. The maximum atomic E-state index is 9.43. The van der Waals surface area contributed by atoms with E-state index in [0.717, 1.165) is 12.8 Å². The van der Waals surface area contributed by atoms with Gasteiger partial charge in [0.1, 0.15) is 0 Å². The molecule has 1 rings (SSSR count). The second kappa shape index (κ2) is 4.74. The van der Waals surface area contributed by atoms with Crippen LogP contribution in [-0.4, -0.2) is 30.2 Å². The van der Waals surface area contributed by atoms with Gasteiger partial charge in [-0.2, -0.15) is 0 Å². The summed E-state index contributed by atoms with van der Waals surface area (Å²) in [7, 11) is 0. The Hall–Kier alpha value is -0.380. The van der Waals surface area contributed by atoms with Gasteiger partial charge in [0.2, 0.25) is 0 Å². The summed E-state index contributed by atoms with van der Waals surface area (Å²) in [4.78, 5) is 0. The third-order valence-electron chi connectivity index (χ3n) is 2.24. The van der Waals surface area contributed by atoms with E-state index in [-0.39, 0.29) is 0 Å². The largest absolute Gasteiger partial charge is 0.389 e. The normalized spacial score (nSPS) is 22.9. The highest BCUT2D eigenvalue weighted by atomic mass is 16.7. The molecule has 3 nitrogen and oxygen atoms in total. The van der Waals surface area contributed by atoms with Crippen molar-refractivity contribution < 1.29 is 14.6 Å². The predicted molar refractivity (Wildman–Crippen MR) is 50.4 cm³/mol. The number of hydrogen-bond donors (Lipinski definition) is 1. The van der Waals surface area contributed by atoms with Crippen LogP contribution in [0.15, 0.2) is 12.7 Å². The number of hydrogen-bond acceptors (Lipinski definition) is 3. The Morgan fingerprint density at radius 3 is 2.62 bits per heavy atom. The van der Waals surface area contributed by atoms with Gasteiger partial charge in [-0.15, -0.1) is 6.58 Å². The van der Waals surface area contributed by atoms with Crippen molar-refractivity contribution in [3.05, 3.63) is 12.7 Å². The summed E-state index contributed by atoms with van der Waals surface area (Å²) in [5.74, 6) is -0.553. The second-order valence-electron chi connectivity index (χ2n) is 3.36. The molecular formula is C10H18O3. The smallest absolute Gasteiger partial charge is 0.171 e. The Labute approximate surface area is 79.3 Å². The lowest BCUT2D eigenvalue weighted by Gasteiger charge is -2.28. The number of ether oxygens (including phenoxy) is 2. The summed E-state index contributed by atoms with van der Waals surface area (Å²) in [6.45, 7) is 6.87. The zero-order valence-electron chi connectivity index (χ0n) is 8.16. The van der Waals surface area contributed by atoms with Crippen molar-refractivity contribution in [3.63, 3.8) is 0 Å². The van der Waals surface area contributed by atoms with Gasteiger partial charge in [0.05, 0.1) is 19.3 Å². The summed E-state index contributed by atoms with van der Waals surface area (Å²) >= 11 is 0. The molecule has 0 unspecified atom stereocenters. The fourth-order valence-corrected chi connectivity index (χ4v) is 1.64. The first-order valence-electron chi connectivity index (χ1n) is 4.81. The van der Waals surface area contributed by atoms with Crippen LogP contribution in [0, 0.1) is 0 Å². The van der Waals surface area contributed by atoms with E-state index < -0.39 is 11.9 Å². The first kappa shape index (κ1) is 10.7. The van der Waals surface area contributed by atoms with Gasteiger partial charge in [-0.3, -0.25) is 0 Å². The molecule has 0 amide bonds. The van der Waals surface area contributed by atoms with Gasteiger partial charge in [0.25, 0.3) is 0 Å². The molecule has 0 aromatic heterocycles. The lowest BCUT2D eigenvalue weighted by Crippen LogP contribution is -2.34. The van der Waals surface area contributed by atoms with Gasteiger partial charge >= 0.3 is 0 Å². The van der Waals surface area contributed by atoms with E-state index in [4.69, 9.17) is 9.47 Å². The molecule has 76 valence electrons. The SMILES string of the molecule is C=C[C@H](O)CC1(CCC)OCCO1. The van der Waals surface area contributed by atoms with Crippen molar-refractivity contribution >= 4 is 0 Å². The molecule has 1 N–H and O–H groups in total. The fourth-order valence-electron chi connectivity index (χ4n) is 1.64. The van der Waals surface area contributed by atoms with Crippen LogP contribution in [0.4, 0.5) is 0 Å². The van der Waals surface area contributed by atoms with Crippen molar-refractivity contribution in [1.82, 2.24) is 0 Å². The van der Waals surface area contributed by atoms with E-state index in [0.29, 0.717) is 19.6 Å². The van der Waals surface area contributed by atoms with E-state index >= 15 is 0 Å². The van der Waals surface area contributed by atoms with E-state index in [9.17, 15) is 5.11 Å². The number of aliphatic hydroxyl groups is 1. The van der Waals surface area contributed by atoms with Gasteiger partial charge in [0.15, 0.2) is 5.79 Å².